The molecule has 0 heterocycles. The summed E-state index contributed by atoms with van der Waals surface area (Å²) in [5.74, 6) is 0.0294. The number of ether oxygens (including phenoxy) is 1. The molecule has 5 nitrogen and oxygen atoms in total. The minimum atomic E-state index is -0.175. The van der Waals surface area contributed by atoms with Gasteiger partial charge in [0.2, 0.25) is 11.8 Å². The summed E-state index contributed by atoms with van der Waals surface area (Å²) < 4.78 is 5.54. The SMILES string of the molecule is CCNC(=O)CCCC(=O)N[C@@H]1C[C@](C)(OC)C1(C)C. The molecule has 0 aromatic carbocycles. The molecule has 0 radical (unpaired) electrons. The summed E-state index contributed by atoms with van der Waals surface area (Å²) in [5.41, 5.74) is -0.247. The number of amides is 2. The fourth-order valence-corrected chi connectivity index (χ4v) is 2.68. The van der Waals surface area contributed by atoms with Gasteiger partial charge in [-0.2, -0.15) is 0 Å². The molecule has 0 aliphatic heterocycles. The normalized spacial score (nSPS) is 27.6. The molecular formula is C15H28N2O3. The van der Waals surface area contributed by atoms with E-state index in [1.54, 1.807) is 7.11 Å². The average molecular weight is 284 g/mol. The lowest BCUT2D eigenvalue weighted by Crippen LogP contribution is -2.68. The Morgan fingerprint density at radius 2 is 1.80 bits per heavy atom. The monoisotopic (exact) mass is 284 g/mol. The molecule has 0 unspecified atom stereocenters. The summed E-state index contributed by atoms with van der Waals surface area (Å²) in [6.45, 7) is 8.82. The Morgan fingerprint density at radius 1 is 1.20 bits per heavy atom. The fraction of sp³-hybridized carbons (Fsp3) is 0.867. The molecule has 0 spiro atoms. The zero-order chi connectivity index (χ0) is 15.4. The predicted octanol–water partition coefficient (Wildman–Crippen LogP) is 1.61. The van der Waals surface area contributed by atoms with Gasteiger partial charge in [0.25, 0.3) is 0 Å². The summed E-state index contributed by atoms with van der Waals surface area (Å²) in [4.78, 5) is 23.2. The summed E-state index contributed by atoms with van der Waals surface area (Å²) in [7, 11) is 1.71. The fourth-order valence-electron chi connectivity index (χ4n) is 2.68. The van der Waals surface area contributed by atoms with E-state index in [1.807, 2.05) is 6.92 Å². The van der Waals surface area contributed by atoms with Crippen LogP contribution in [0.1, 0.15) is 53.4 Å². The van der Waals surface area contributed by atoms with Crippen molar-refractivity contribution in [3.8, 4) is 0 Å². The number of rotatable bonds is 7. The highest BCUT2D eigenvalue weighted by Crippen LogP contribution is 2.51. The molecule has 1 aliphatic carbocycles. The van der Waals surface area contributed by atoms with Gasteiger partial charge in [-0.15, -0.1) is 0 Å². The van der Waals surface area contributed by atoms with Gasteiger partial charge in [0.1, 0.15) is 0 Å². The molecule has 0 aromatic rings. The van der Waals surface area contributed by atoms with E-state index in [4.69, 9.17) is 4.74 Å². The van der Waals surface area contributed by atoms with Crippen LogP contribution >= 0.6 is 0 Å². The second-order valence-electron chi connectivity index (χ2n) is 6.29. The lowest BCUT2D eigenvalue weighted by molar-refractivity contribution is -0.182. The van der Waals surface area contributed by atoms with Crippen LogP contribution in [-0.2, 0) is 14.3 Å². The zero-order valence-electron chi connectivity index (χ0n) is 13.3. The van der Waals surface area contributed by atoms with E-state index < -0.39 is 0 Å². The quantitative estimate of drug-likeness (QED) is 0.746. The molecule has 2 atom stereocenters. The third kappa shape index (κ3) is 3.51. The summed E-state index contributed by atoms with van der Waals surface area (Å²) in [6.07, 6.45) is 2.23. The Morgan fingerprint density at radius 3 is 2.30 bits per heavy atom. The van der Waals surface area contributed by atoms with Crippen LogP contribution in [0.4, 0.5) is 0 Å². The molecule has 5 heteroatoms. The Balaban J connectivity index is 2.29. The molecular weight excluding hydrogens is 256 g/mol. The van der Waals surface area contributed by atoms with Gasteiger partial charge in [0, 0.05) is 38.0 Å². The molecule has 1 fully saturated rings. The van der Waals surface area contributed by atoms with Crippen LogP contribution < -0.4 is 10.6 Å². The average Bonchev–Trinajstić information content (AvgIpc) is 2.38. The van der Waals surface area contributed by atoms with Gasteiger partial charge >= 0.3 is 0 Å². The molecule has 0 saturated heterocycles. The second kappa shape index (κ2) is 6.57. The number of hydrogen-bond donors (Lipinski definition) is 2. The van der Waals surface area contributed by atoms with Crippen molar-refractivity contribution in [3.05, 3.63) is 0 Å². The van der Waals surface area contributed by atoms with Crippen LogP contribution in [0.15, 0.2) is 0 Å². The molecule has 1 rings (SSSR count). The lowest BCUT2D eigenvalue weighted by Gasteiger charge is -2.59. The number of carbonyl (C=O) groups is 2. The first-order valence-corrected chi connectivity index (χ1v) is 7.38. The maximum Gasteiger partial charge on any atom is 0.220 e. The molecule has 1 saturated carbocycles. The van der Waals surface area contributed by atoms with Gasteiger partial charge in [0.05, 0.1) is 5.60 Å². The lowest BCUT2D eigenvalue weighted by atomic mass is 9.56. The highest BCUT2D eigenvalue weighted by Gasteiger charge is 2.58. The van der Waals surface area contributed by atoms with Crippen LogP contribution in [0, 0.1) is 5.41 Å². The van der Waals surface area contributed by atoms with E-state index in [2.05, 4.69) is 31.4 Å². The maximum atomic E-state index is 11.9. The smallest absolute Gasteiger partial charge is 0.220 e. The number of carbonyl (C=O) groups excluding carboxylic acids is 2. The Kier molecular flexibility index (Phi) is 5.57. The number of hydrogen-bond acceptors (Lipinski definition) is 3. The Hall–Kier alpha value is -1.10. The third-order valence-corrected chi connectivity index (χ3v) is 4.80. The van der Waals surface area contributed by atoms with Crippen LogP contribution in [-0.4, -0.2) is 37.1 Å². The third-order valence-electron chi connectivity index (χ3n) is 4.80. The van der Waals surface area contributed by atoms with Gasteiger partial charge in [-0.05, 0) is 26.7 Å². The van der Waals surface area contributed by atoms with Gasteiger partial charge in [-0.3, -0.25) is 9.59 Å². The Labute approximate surface area is 121 Å². The van der Waals surface area contributed by atoms with Crippen molar-refractivity contribution in [1.82, 2.24) is 10.6 Å². The largest absolute Gasteiger partial charge is 0.378 e. The van der Waals surface area contributed by atoms with Crippen LogP contribution in [0.5, 0.6) is 0 Å². The zero-order valence-corrected chi connectivity index (χ0v) is 13.3. The second-order valence-corrected chi connectivity index (χ2v) is 6.29. The predicted molar refractivity (Wildman–Crippen MR) is 78.3 cm³/mol. The van der Waals surface area contributed by atoms with Crippen molar-refractivity contribution in [2.45, 2.75) is 65.0 Å². The van der Waals surface area contributed by atoms with E-state index in [1.165, 1.54) is 0 Å². The van der Waals surface area contributed by atoms with Crippen LogP contribution in [0.25, 0.3) is 0 Å². The first kappa shape index (κ1) is 17.0. The molecule has 116 valence electrons. The molecule has 1 aliphatic rings. The van der Waals surface area contributed by atoms with Crippen molar-refractivity contribution >= 4 is 11.8 Å². The van der Waals surface area contributed by atoms with E-state index in [-0.39, 0.29) is 28.9 Å². The molecule has 0 bridgehead atoms. The summed E-state index contributed by atoms with van der Waals surface area (Å²) >= 11 is 0. The molecule has 0 aromatic heterocycles. The number of methoxy groups -OCH3 is 1. The topological polar surface area (TPSA) is 67.4 Å². The molecule has 2 amide bonds. The van der Waals surface area contributed by atoms with Gasteiger partial charge in [-0.1, -0.05) is 13.8 Å². The maximum absolute atomic E-state index is 11.9. The molecule has 20 heavy (non-hydrogen) atoms. The van der Waals surface area contributed by atoms with Gasteiger partial charge < -0.3 is 15.4 Å². The van der Waals surface area contributed by atoms with Crippen molar-refractivity contribution in [2.75, 3.05) is 13.7 Å². The van der Waals surface area contributed by atoms with Crippen molar-refractivity contribution < 1.29 is 14.3 Å². The summed E-state index contributed by atoms with van der Waals surface area (Å²) in [5, 5.41) is 5.78. The Bertz CT molecular complexity index is 368. The highest BCUT2D eigenvalue weighted by molar-refractivity contribution is 5.79. The van der Waals surface area contributed by atoms with Crippen molar-refractivity contribution in [2.24, 2.45) is 5.41 Å². The molecule has 2 N–H and O–H groups in total. The standard InChI is InChI=1S/C15H28N2O3/c1-6-16-12(18)8-7-9-13(19)17-11-10-15(4,20-5)14(11,2)3/h11H,6-10H2,1-5H3,(H,16,18)(H,17,19)/t11-,15+/m1/s1. The first-order valence-electron chi connectivity index (χ1n) is 7.38. The minimum Gasteiger partial charge on any atom is -0.378 e. The van der Waals surface area contributed by atoms with E-state index in [0.29, 0.717) is 25.8 Å². The first-order chi connectivity index (χ1) is 9.26. The summed E-state index contributed by atoms with van der Waals surface area (Å²) in [6, 6.07) is 0.143. The van der Waals surface area contributed by atoms with Gasteiger partial charge in [0.15, 0.2) is 0 Å². The minimum absolute atomic E-state index is 0.0104. The number of nitrogens with one attached hydrogen (secondary N) is 2. The highest BCUT2D eigenvalue weighted by atomic mass is 16.5. The van der Waals surface area contributed by atoms with E-state index in [9.17, 15) is 9.59 Å². The van der Waals surface area contributed by atoms with Crippen LogP contribution in [0.2, 0.25) is 0 Å². The van der Waals surface area contributed by atoms with Crippen LogP contribution in [0.3, 0.4) is 0 Å². The van der Waals surface area contributed by atoms with Gasteiger partial charge in [-0.25, -0.2) is 0 Å². The van der Waals surface area contributed by atoms with E-state index in [0.717, 1.165) is 6.42 Å². The van der Waals surface area contributed by atoms with Crippen molar-refractivity contribution in [1.29, 1.82) is 0 Å². The van der Waals surface area contributed by atoms with E-state index >= 15 is 0 Å². The van der Waals surface area contributed by atoms with Crippen molar-refractivity contribution in [3.63, 3.8) is 0 Å².